The van der Waals surface area contributed by atoms with E-state index in [4.69, 9.17) is 4.42 Å². The Morgan fingerprint density at radius 1 is 1.40 bits per heavy atom. The summed E-state index contributed by atoms with van der Waals surface area (Å²) in [5, 5.41) is 10.4. The second-order valence-electron chi connectivity index (χ2n) is 3.69. The number of hydrogen-bond donors (Lipinski definition) is 2. The Balaban J connectivity index is 2.08. The van der Waals surface area contributed by atoms with Crippen LogP contribution in [0, 0.1) is 20.8 Å². The van der Waals surface area contributed by atoms with Crippen LogP contribution in [0.25, 0.3) is 0 Å². The number of aromatic amines is 1. The molecule has 0 fully saturated rings. The fraction of sp³-hybridized carbons (Fsp3) is 0.364. The third-order valence-electron chi connectivity index (χ3n) is 2.52. The van der Waals surface area contributed by atoms with Gasteiger partial charge in [-0.15, -0.1) is 0 Å². The smallest absolute Gasteiger partial charge is 0.125 e. The fourth-order valence-electron chi connectivity index (χ4n) is 1.57. The fourth-order valence-corrected chi connectivity index (χ4v) is 1.57. The lowest BCUT2D eigenvalue weighted by Gasteiger charge is -2.04. The van der Waals surface area contributed by atoms with Crippen LogP contribution in [-0.2, 0) is 6.54 Å². The molecule has 2 heterocycles. The number of nitrogens with one attached hydrogen (secondary N) is 2. The van der Waals surface area contributed by atoms with Crippen LogP contribution >= 0.6 is 0 Å². The van der Waals surface area contributed by atoms with Crippen LogP contribution in [0.15, 0.2) is 16.7 Å². The highest BCUT2D eigenvalue weighted by Gasteiger charge is 2.07. The first-order chi connectivity index (χ1) is 7.18. The van der Waals surface area contributed by atoms with Crippen molar-refractivity contribution in [3.8, 4) is 0 Å². The van der Waals surface area contributed by atoms with Crippen LogP contribution in [0.3, 0.4) is 0 Å². The van der Waals surface area contributed by atoms with E-state index in [2.05, 4.69) is 15.5 Å². The van der Waals surface area contributed by atoms with Gasteiger partial charge >= 0.3 is 0 Å². The van der Waals surface area contributed by atoms with E-state index < -0.39 is 0 Å². The quantitative estimate of drug-likeness (QED) is 0.809. The molecule has 15 heavy (non-hydrogen) atoms. The summed E-state index contributed by atoms with van der Waals surface area (Å²) in [6, 6.07) is 1.96. The van der Waals surface area contributed by atoms with Gasteiger partial charge < -0.3 is 9.73 Å². The summed E-state index contributed by atoms with van der Waals surface area (Å²) in [5.74, 6) is 0.968. The maximum Gasteiger partial charge on any atom is 0.125 e. The molecule has 0 aromatic carbocycles. The molecule has 4 heteroatoms. The molecule has 2 rings (SSSR count). The van der Waals surface area contributed by atoms with E-state index in [9.17, 15) is 0 Å². The molecule has 80 valence electrons. The second kappa shape index (κ2) is 3.81. The highest BCUT2D eigenvalue weighted by Crippen LogP contribution is 2.18. The predicted molar refractivity (Wildman–Crippen MR) is 58.8 cm³/mol. The average molecular weight is 205 g/mol. The number of aryl methyl sites for hydroxylation is 3. The first-order valence-corrected chi connectivity index (χ1v) is 4.97. The van der Waals surface area contributed by atoms with Crippen molar-refractivity contribution in [2.75, 3.05) is 5.32 Å². The van der Waals surface area contributed by atoms with Crippen LogP contribution in [0.5, 0.6) is 0 Å². The minimum absolute atomic E-state index is 0.694. The number of furan rings is 1. The normalized spacial score (nSPS) is 10.6. The SMILES string of the molecule is Cc1ccoc1CNc1c(C)n[nH]c1C. The van der Waals surface area contributed by atoms with Gasteiger partial charge in [0.05, 0.1) is 29.9 Å². The number of hydrogen-bond acceptors (Lipinski definition) is 3. The Bertz CT molecular complexity index is 437. The summed E-state index contributed by atoms with van der Waals surface area (Å²) < 4.78 is 5.35. The van der Waals surface area contributed by atoms with Crippen molar-refractivity contribution in [3.05, 3.63) is 35.0 Å². The van der Waals surface area contributed by atoms with E-state index in [1.54, 1.807) is 6.26 Å². The van der Waals surface area contributed by atoms with Crippen LogP contribution in [0.1, 0.15) is 22.7 Å². The van der Waals surface area contributed by atoms with Crippen molar-refractivity contribution in [1.82, 2.24) is 10.2 Å². The van der Waals surface area contributed by atoms with Gasteiger partial charge in [0.2, 0.25) is 0 Å². The Morgan fingerprint density at radius 3 is 2.73 bits per heavy atom. The Labute approximate surface area is 88.7 Å². The summed E-state index contributed by atoms with van der Waals surface area (Å²) in [4.78, 5) is 0. The molecule has 0 spiro atoms. The van der Waals surface area contributed by atoms with Crippen LogP contribution < -0.4 is 5.32 Å². The van der Waals surface area contributed by atoms with Gasteiger partial charge in [0.1, 0.15) is 5.76 Å². The van der Waals surface area contributed by atoms with Gasteiger partial charge in [-0.25, -0.2) is 0 Å². The van der Waals surface area contributed by atoms with Crippen LogP contribution in [0.4, 0.5) is 5.69 Å². The number of rotatable bonds is 3. The molecule has 0 unspecified atom stereocenters. The molecule has 0 aliphatic carbocycles. The van der Waals surface area contributed by atoms with Crippen molar-refractivity contribution in [2.24, 2.45) is 0 Å². The van der Waals surface area contributed by atoms with Gasteiger partial charge in [0, 0.05) is 0 Å². The second-order valence-corrected chi connectivity index (χ2v) is 3.69. The van der Waals surface area contributed by atoms with Crippen LogP contribution in [0.2, 0.25) is 0 Å². The molecule has 2 aromatic heterocycles. The molecule has 4 nitrogen and oxygen atoms in total. The summed E-state index contributed by atoms with van der Waals surface area (Å²) in [6.07, 6.45) is 1.71. The maximum atomic E-state index is 5.35. The highest BCUT2D eigenvalue weighted by molar-refractivity contribution is 5.51. The Kier molecular flexibility index (Phi) is 2.49. The van der Waals surface area contributed by atoms with E-state index >= 15 is 0 Å². The maximum absolute atomic E-state index is 5.35. The molecule has 2 N–H and O–H groups in total. The lowest BCUT2D eigenvalue weighted by Crippen LogP contribution is -2.01. The Hall–Kier alpha value is -1.71. The minimum atomic E-state index is 0.694. The molecule has 0 saturated heterocycles. The first kappa shape index (κ1) is 9.83. The van der Waals surface area contributed by atoms with Crippen molar-refractivity contribution < 1.29 is 4.42 Å². The average Bonchev–Trinajstić information content (AvgIpc) is 2.73. The van der Waals surface area contributed by atoms with Gasteiger partial charge in [-0.1, -0.05) is 0 Å². The van der Waals surface area contributed by atoms with Crippen molar-refractivity contribution >= 4 is 5.69 Å². The van der Waals surface area contributed by atoms with Gasteiger partial charge in [0.15, 0.2) is 0 Å². The molecule has 2 aromatic rings. The summed E-state index contributed by atoms with van der Waals surface area (Å²) in [7, 11) is 0. The molecular weight excluding hydrogens is 190 g/mol. The lowest BCUT2D eigenvalue weighted by molar-refractivity contribution is 0.515. The van der Waals surface area contributed by atoms with Crippen molar-refractivity contribution in [1.29, 1.82) is 0 Å². The third kappa shape index (κ3) is 1.88. The van der Waals surface area contributed by atoms with Gasteiger partial charge in [-0.3, -0.25) is 5.10 Å². The summed E-state index contributed by atoms with van der Waals surface area (Å²) in [5.41, 5.74) is 4.26. The van der Waals surface area contributed by atoms with Gasteiger partial charge in [-0.05, 0) is 32.4 Å². The number of H-pyrrole nitrogens is 1. The largest absolute Gasteiger partial charge is 0.467 e. The monoisotopic (exact) mass is 205 g/mol. The highest BCUT2D eigenvalue weighted by atomic mass is 16.3. The van der Waals surface area contributed by atoms with Gasteiger partial charge in [0.25, 0.3) is 0 Å². The van der Waals surface area contributed by atoms with Crippen molar-refractivity contribution in [2.45, 2.75) is 27.3 Å². The predicted octanol–water partition coefficient (Wildman–Crippen LogP) is 2.54. The third-order valence-corrected chi connectivity index (χ3v) is 2.52. The Morgan fingerprint density at radius 2 is 2.20 bits per heavy atom. The zero-order chi connectivity index (χ0) is 10.8. The number of aromatic nitrogens is 2. The van der Waals surface area contributed by atoms with E-state index in [0.717, 1.165) is 22.8 Å². The first-order valence-electron chi connectivity index (χ1n) is 4.97. The van der Waals surface area contributed by atoms with E-state index in [1.165, 1.54) is 5.56 Å². The molecule has 0 saturated carbocycles. The zero-order valence-corrected chi connectivity index (χ0v) is 9.22. The van der Waals surface area contributed by atoms with E-state index in [-0.39, 0.29) is 0 Å². The number of anilines is 1. The summed E-state index contributed by atoms with van der Waals surface area (Å²) >= 11 is 0. The molecule has 0 amide bonds. The van der Waals surface area contributed by atoms with Crippen molar-refractivity contribution in [3.63, 3.8) is 0 Å². The molecular formula is C11H15N3O. The standard InChI is InChI=1S/C11H15N3O/c1-7-4-5-15-10(7)6-12-11-8(2)13-14-9(11)3/h4-5,12H,6H2,1-3H3,(H,13,14). The zero-order valence-electron chi connectivity index (χ0n) is 9.22. The van der Waals surface area contributed by atoms with Gasteiger partial charge in [-0.2, -0.15) is 5.10 Å². The minimum Gasteiger partial charge on any atom is -0.467 e. The van der Waals surface area contributed by atoms with E-state index in [0.29, 0.717) is 6.54 Å². The lowest BCUT2D eigenvalue weighted by atomic mass is 10.2. The van der Waals surface area contributed by atoms with E-state index in [1.807, 2.05) is 26.8 Å². The molecule has 0 bridgehead atoms. The molecule has 0 radical (unpaired) electrons. The topological polar surface area (TPSA) is 53.9 Å². The molecule has 0 atom stereocenters. The summed E-state index contributed by atoms with van der Waals surface area (Å²) in [6.45, 7) is 6.70. The van der Waals surface area contributed by atoms with Crippen LogP contribution in [-0.4, -0.2) is 10.2 Å². The molecule has 0 aliphatic heterocycles. The molecule has 0 aliphatic rings. The number of nitrogens with zero attached hydrogens (tertiary/aromatic N) is 1.